The summed E-state index contributed by atoms with van der Waals surface area (Å²) in [5.74, 6) is 0. The molecule has 2 atom stereocenters. The van der Waals surface area contributed by atoms with Crippen LogP contribution in [-0.2, 0) is 22.8 Å². The molecule has 3 rings (SSSR count). The van der Waals surface area contributed by atoms with Crippen LogP contribution in [0.5, 0.6) is 0 Å². The second kappa shape index (κ2) is 7.96. The molecule has 1 aliphatic heterocycles. The number of fused-ring (bicyclic) bond motifs is 1. The molecule has 0 saturated carbocycles. The average Bonchev–Trinajstić information content (AvgIpc) is 2.65. The lowest BCUT2D eigenvalue weighted by Crippen LogP contribution is -2.47. The van der Waals surface area contributed by atoms with Gasteiger partial charge < -0.3 is 10.2 Å². The highest BCUT2D eigenvalue weighted by Gasteiger charge is 2.31. The van der Waals surface area contributed by atoms with Gasteiger partial charge >= 0.3 is 6.03 Å². The molecule has 0 fully saturated rings. The zero-order chi connectivity index (χ0) is 19.4. The fourth-order valence-corrected chi connectivity index (χ4v) is 3.82. The number of hydrogen-bond acceptors (Lipinski definition) is 3. The van der Waals surface area contributed by atoms with Gasteiger partial charge in [0, 0.05) is 24.3 Å². The molecule has 1 N–H and O–H groups in total. The van der Waals surface area contributed by atoms with Crippen LogP contribution in [0.4, 0.5) is 4.79 Å². The Balaban J connectivity index is 1.84. The number of carbonyl (C=O) groups is 1. The molecule has 27 heavy (non-hydrogen) atoms. The summed E-state index contributed by atoms with van der Waals surface area (Å²) in [6, 6.07) is 17.5. The lowest BCUT2D eigenvalue weighted by Gasteiger charge is -2.37. The highest BCUT2D eigenvalue weighted by Crippen LogP contribution is 2.33. The lowest BCUT2D eigenvalue weighted by atomic mass is 9.90. The first-order valence-electron chi connectivity index (χ1n) is 8.90. The third-order valence-electron chi connectivity index (χ3n) is 4.66. The van der Waals surface area contributed by atoms with Crippen molar-refractivity contribution in [2.45, 2.75) is 32.0 Å². The van der Waals surface area contributed by atoms with E-state index in [9.17, 15) is 13.2 Å². The number of hydrogen-bond donors (Lipinski definition) is 1. The van der Waals surface area contributed by atoms with Crippen molar-refractivity contribution in [1.82, 2.24) is 10.2 Å². The number of urea groups is 1. The summed E-state index contributed by atoms with van der Waals surface area (Å²) in [6.45, 7) is 2.28. The van der Waals surface area contributed by atoms with Crippen LogP contribution in [0.3, 0.4) is 0 Å². The molecule has 0 radical (unpaired) electrons. The van der Waals surface area contributed by atoms with Crippen molar-refractivity contribution in [2.75, 3.05) is 6.26 Å². The van der Waals surface area contributed by atoms with E-state index in [1.54, 1.807) is 6.92 Å². The number of rotatable bonds is 4. The van der Waals surface area contributed by atoms with Gasteiger partial charge in [0.05, 0.1) is 6.04 Å². The molecule has 0 aromatic heterocycles. The molecule has 6 heteroatoms. The molecule has 0 spiro atoms. The van der Waals surface area contributed by atoms with Crippen molar-refractivity contribution < 1.29 is 13.2 Å². The van der Waals surface area contributed by atoms with Gasteiger partial charge in [0.1, 0.15) is 0 Å². The van der Waals surface area contributed by atoms with Crippen molar-refractivity contribution in [3.8, 4) is 0 Å². The lowest BCUT2D eigenvalue weighted by molar-refractivity contribution is 0.162. The fourth-order valence-electron chi connectivity index (χ4n) is 3.30. The van der Waals surface area contributed by atoms with E-state index >= 15 is 0 Å². The molecule has 0 bridgehead atoms. The molecule has 0 saturated heterocycles. The Kier molecular flexibility index (Phi) is 5.65. The zero-order valence-corrected chi connectivity index (χ0v) is 16.3. The van der Waals surface area contributed by atoms with Gasteiger partial charge in [-0.3, -0.25) is 0 Å². The maximum atomic E-state index is 13.0. The molecule has 1 heterocycles. The SMILES string of the molecule is C[C@@H](/C=C/S(C)(=O)=O)NC(=O)N1Cc2ccccc2C[C@H]1c1ccccc1. The standard InChI is InChI=1S/C21H24N2O3S/c1-16(12-13-27(2,25)26)22-21(24)23-15-19-11-7-6-10-18(19)14-20(23)17-8-4-3-5-9-17/h3-13,16,20H,14-15H2,1-2H3,(H,22,24)/b13-12+/t16-,20-/m0/s1. The monoisotopic (exact) mass is 384 g/mol. The quantitative estimate of drug-likeness (QED) is 0.878. The predicted molar refractivity (Wildman–Crippen MR) is 107 cm³/mol. The largest absolute Gasteiger partial charge is 0.332 e. The van der Waals surface area contributed by atoms with E-state index in [1.807, 2.05) is 53.4 Å². The van der Waals surface area contributed by atoms with Gasteiger partial charge in [0.25, 0.3) is 0 Å². The van der Waals surface area contributed by atoms with Crippen molar-refractivity contribution >= 4 is 15.9 Å². The van der Waals surface area contributed by atoms with Crippen LogP contribution < -0.4 is 5.32 Å². The van der Waals surface area contributed by atoms with Gasteiger partial charge in [-0.25, -0.2) is 13.2 Å². The molecule has 5 nitrogen and oxygen atoms in total. The highest BCUT2D eigenvalue weighted by molar-refractivity contribution is 7.93. The Morgan fingerprint density at radius 2 is 1.74 bits per heavy atom. The summed E-state index contributed by atoms with van der Waals surface area (Å²) < 4.78 is 22.6. The summed E-state index contributed by atoms with van der Waals surface area (Å²) >= 11 is 0. The summed E-state index contributed by atoms with van der Waals surface area (Å²) in [4.78, 5) is 14.8. The summed E-state index contributed by atoms with van der Waals surface area (Å²) in [6.07, 6.45) is 3.37. The fraction of sp³-hybridized carbons (Fsp3) is 0.286. The number of nitrogens with one attached hydrogen (secondary N) is 1. The third kappa shape index (κ3) is 4.98. The van der Waals surface area contributed by atoms with E-state index in [1.165, 1.54) is 11.6 Å². The van der Waals surface area contributed by atoms with Crippen molar-refractivity contribution in [2.24, 2.45) is 0 Å². The van der Waals surface area contributed by atoms with Gasteiger partial charge in [-0.05, 0) is 30.0 Å². The van der Waals surface area contributed by atoms with Gasteiger partial charge in [-0.1, -0.05) is 60.7 Å². The topological polar surface area (TPSA) is 66.5 Å². The Morgan fingerprint density at radius 3 is 2.41 bits per heavy atom. The van der Waals surface area contributed by atoms with Crippen LogP contribution >= 0.6 is 0 Å². The van der Waals surface area contributed by atoms with E-state index in [4.69, 9.17) is 0 Å². The number of nitrogens with zero attached hydrogens (tertiary/aromatic N) is 1. The molecule has 0 unspecified atom stereocenters. The molecule has 2 aromatic carbocycles. The maximum absolute atomic E-state index is 13.0. The van der Waals surface area contributed by atoms with E-state index in [0.717, 1.165) is 29.2 Å². The van der Waals surface area contributed by atoms with Gasteiger partial charge in [0.15, 0.2) is 9.84 Å². The second-order valence-electron chi connectivity index (χ2n) is 6.92. The van der Waals surface area contributed by atoms with E-state index in [2.05, 4.69) is 11.4 Å². The highest BCUT2D eigenvalue weighted by atomic mass is 32.2. The van der Waals surface area contributed by atoms with E-state index < -0.39 is 9.84 Å². The van der Waals surface area contributed by atoms with Gasteiger partial charge in [0.2, 0.25) is 0 Å². The Bertz CT molecular complexity index is 939. The number of benzene rings is 2. The summed E-state index contributed by atoms with van der Waals surface area (Å²) in [5.41, 5.74) is 3.47. The van der Waals surface area contributed by atoms with E-state index in [-0.39, 0.29) is 18.1 Å². The molecule has 0 aliphatic carbocycles. The van der Waals surface area contributed by atoms with Crippen LogP contribution in [0.1, 0.15) is 29.7 Å². The molecular formula is C21H24N2O3S. The minimum atomic E-state index is -3.22. The molecule has 2 amide bonds. The van der Waals surface area contributed by atoms with Crippen LogP contribution in [0.15, 0.2) is 66.1 Å². The predicted octanol–water partition coefficient (Wildman–Crippen LogP) is 3.44. The Hall–Kier alpha value is -2.60. The Morgan fingerprint density at radius 1 is 1.11 bits per heavy atom. The average molecular weight is 385 g/mol. The molecule has 1 aliphatic rings. The van der Waals surface area contributed by atoms with Crippen LogP contribution in [0.25, 0.3) is 0 Å². The maximum Gasteiger partial charge on any atom is 0.318 e. The van der Waals surface area contributed by atoms with Crippen molar-refractivity contribution in [3.63, 3.8) is 0 Å². The molecule has 142 valence electrons. The minimum Gasteiger partial charge on any atom is -0.332 e. The molecular weight excluding hydrogens is 360 g/mol. The third-order valence-corrected chi connectivity index (χ3v) is 5.31. The first kappa shape index (κ1) is 19.2. The smallest absolute Gasteiger partial charge is 0.318 e. The number of sulfone groups is 1. The van der Waals surface area contributed by atoms with Crippen molar-refractivity contribution in [1.29, 1.82) is 0 Å². The second-order valence-corrected chi connectivity index (χ2v) is 8.85. The van der Waals surface area contributed by atoms with Gasteiger partial charge in [-0.15, -0.1) is 0 Å². The minimum absolute atomic E-state index is 0.0628. The van der Waals surface area contributed by atoms with Crippen LogP contribution in [-0.4, -0.2) is 31.6 Å². The zero-order valence-electron chi connectivity index (χ0n) is 15.5. The number of carbonyl (C=O) groups excluding carboxylic acids is 1. The molecule has 2 aromatic rings. The normalized spacial score (nSPS) is 18.1. The Labute approximate surface area is 160 Å². The first-order chi connectivity index (χ1) is 12.8. The van der Waals surface area contributed by atoms with Gasteiger partial charge in [-0.2, -0.15) is 0 Å². The van der Waals surface area contributed by atoms with E-state index in [0.29, 0.717) is 6.54 Å². The first-order valence-corrected chi connectivity index (χ1v) is 10.9. The van der Waals surface area contributed by atoms with Crippen LogP contribution in [0.2, 0.25) is 0 Å². The number of amides is 2. The van der Waals surface area contributed by atoms with Crippen LogP contribution in [0, 0.1) is 0 Å². The summed E-state index contributed by atoms with van der Waals surface area (Å²) in [5, 5.41) is 4.01. The van der Waals surface area contributed by atoms with Crippen molar-refractivity contribution in [3.05, 3.63) is 82.8 Å². The summed E-state index contributed by atoms with van der Waals surface area (Å²) in [7, 11) is -3.22.